The summed E-state index contributed by atoms with van der Waals surface area (Å²) in [6, 6.07) is 0. The topological polar surface area (TPSA) is 46.5 Å². The van der Waals surface area contributed by atoms with Gasteiger partial charge in [-0.2, -0.15) is 5.26 Å². The zero-order chi connectivity index (χ0) is 15.6. The van der Waals surface area contributed by atoms with Crippen molar-refractivity contribution in [3.63, 3.8) is 0 Å². The van der Waals surface area contributed by atoms with Crippen molar-refractivity contribution < 1.29 is 14.9 Å². The van der Waals surface area contributed by atoms with Crippen LogP contribution in [-0.2, 0) is 9.68 Å². The molecule has 0 aliphatic heterocycles. The van der Waals surface area contributed by atoms with Crippen LogP contribution < -0.4 is 0 Å². The average Bonchev–Trinajstić information content (AvgIpc) is 2.50. The molecular weight excluding hydrogens is 315 g/mol. The molecule has 0 aliphatic rings. The molecule has 136 valence electrons. The first-order valence-corrected chi connectivity index (χ1v) is 9.15. The molecule has 0 rings (SSSR count). The quantitative estimate of drug-likeness (QED) is 0.195. The predicted octanol–water partition coefficient (Wildman–Crippen LogP) is 4.16. The molecule has 0 amide bonds. The van der Waals surface area contributed by atoms with Crippen molar-refractivity contribution in [2.75, 3.05) is 0 Å². The highest BCUT2D eigenvalue weighted by atomic mass is 27.0. The maximum absolute atomic E-state index is 10.7. The second-order valence-electron chi connectivity index (χ2n) is 6.16. The lowest BCUT2D eigenvalue weighted by molar-refractivity contribution is -0.234. The molecule has 0 aromatic heterocycles. The number of hydrogen-bond acceptors (Lipinski definition) is 3. The minimum atomic E-state index is -0.510. The molecule has 0 heterocycles. The van der Waals surface area contributed by atoms with Gasteiger partial charge in [0.2, 0.25) is 0 Å². The molecule has 0 atom stereocenters. The number of carbonyl (C=O) groups excluding carboxylic acids is 1. The van der Waals surface area contributed by atoms with E-state index in [1.165, 1.54) is 83.5 Å². The second-order valence-corrected chi connectivity index (χ2v) is 6.16. The van der Waals surface area contributed by atoms with E-state index >= 15 is 0 Å². The molecule has 0 aromatic rings. The first-order valence-electron chi connectivity index (χ1n) is 9.15. The number of carbonyl (C=O) groups is 1. The third-order valence-corrected chi connectivity index (χ3v) is 4.09. The Morgan fingerprint density at radius 1 is 0.696 bits per heavy atom. The molecule has 3 nitrogen and oxygen atoms in total. The summed E-state index contributed by atoms with van der Waals surface area (Å²) < 4.78 is 0. The summed E-state index contributed by atoms with van der Waals surface area (Å²) in [6.07, 6.45) is 20.0. The third-order valence-electron chi connectivity index (χ3n) is 4.09. The van der Waals surface area contributed by atoms with Crippen LogP contribution in [0.3, 0.4) is 0 Å². The van der Waals surface area contributed by atoms with Crippen LogP contribution in [0.15, 0.2) is 0 Å². The first kappa shape index (κ1) is 28.5. The highest BCUT2D eigenvalue weighted by molar-refractivity contribution is 5.76. The van der Waals surface area contributed by atoms with Gasteiger partial charge < -0.3 is 4.89 Å². The summed E-state index contributed by atoms with van der Waals surface area (Å²) in [5, 5.41) is 8.10. The van der Waals surface area contributed by atoms with Crippen LogP contribution in [0.4, 0.5) is 0 Å². The van der Waals surface area contributed by atoms with Gasteiger partial charge in [0, 0.05) is 6.42 Å². The summed E-state index contributed by atoms with van der Waals surface area (Å²) in [7, 11) is 0. The van der Waals surface area contributed by atoms with E-state index in [4.69, 9.17) is 5.26 Å². The van der Waals surface area contributed by atoms with Gasteiger partial charge in [-0.05, 0) is 6.42 Å². The summed E-state index contributed by atoms with van der Waals surface area (Å²) in [6.45, 7) is 2.27. The van der Waals surface area contributed by atoms with Crippen molar-refractivity contribution >= 4 is 46.4 Å². The highest BCUT2D eigenvalue weighted by Crippen LogP contribution is 2.13. The fourth-order valence-electron chi connectivity index (χ4n) is 2.69. The normalized spacial score (nSPS) is 9.83. The summed E-state index contributed by atoms with van der Waals surface area (Å²) in [4.78, 5) is 14.3. The van der Waals surface area contributed by atoms with Crippen LogP contribution in [-0.4, -0.2) is 51.6 Å². The van der Waals surface area contributed by atoms with Crippen molar-refractivity contribution in [1.29, 1.82) is 0 Å². The molecule has 0 radical (unpaired) electrons. The van der Waals surface area contributed by atoms with Gasteiger partial charge in [0.15, 0.2) is 17.4 Å². The van der Waals surface area contributed by atoms with E-state index in [0.29, 0.717) is 6.42 Å². The van der Waals surface area contributed by atoms with Crippen molar-refractivity contribution in [3.05, 3.63) is 0 Å². The van der Waals surface area contributed by atoms with E-state index in [-0.39, 0.29) is 40.4 Å². The van der Waals surface area contributed by atoms with Gasteiger partial charge in [-0.1, -0.05) is 96.8 Å². The Bertz CT molecular complexity index is 228. The molecule has 0 saturated heterocycles. The number of unbranched alkanes of at least 4 members (excludes halogenated alkanes) is 14. The Labute approximate surface area is 170 Å². The SMILES string of the molecule is CCCCCCCCCCCCCCCCCC(=O)OO.[AlH3].[MgH2]. The van der Waals surface area contributed by atoms with E-state index in [1.807, 2.05) is 0 Å². The minimum Gasteiger partial charge on any atom is -0.301 e. The van der Waals surface area contributed by atoms with Gasteiger partial charge >= 0.3 is 29.0 Å². The Hall–Kier alpha value is 0.729. The van der Waals surface area contributed by atoms with Crippen molar-refractivity contribution in [2.45, 2.75) is 110 Å². The van der Waals surface area contributed by atoms with Crippen molar-refractivity contribution in [2.24, 2.45) is 0 Å². The molecule has 5 heteroatoms. The first-order chi connectivity index (χ1) is 10.3. The lowest BCUT2D eigenvalue weighted by Crippen LogP contribution is -1.99. The van der Waals surface area contributed by atoms with Gasteiger partial charge in [0.1, 0.15) is 0 Å². The largest absolute Gasteiger partial charge is 0.342 e. The Kier molecular flexibility index (Phi) is 31.0. The van der Waals surface area contributed by atoms with Gasteiger partial charge in [0.05, 0.1) is 0 Å². The summed E-state index contributed by atoms with van der Waals surface area (Å²) in [5.41, 5.74) is 0. The molecule has 0 unspecified atom stereocenters. The molecule has 0 bridgehead atoms. The van der Waals surface area contributed by atoms with Crippen LogP contribution in [0.25, 0.3) is 0 Å². The fourth-order valence-corrected chi connectivity index (χ4v) is 2.69. The maximum atomic E-state index is 10.7. The number of rotatable bonds is 16. The lowest BCUT2D eigenvalue weighted by Gasteiger charge is -2.03. The van der Waals surface area contributed by atoms with E-state index < -0.39 is 5.97 Å². The van der Waals surface area contributed by atoms with Crippen LogP contribution in [0, 0.1) is 0 Å². The molecule has 0 fully saturated rings. The number of hydrogen-bond donors (Lipinski definition) is 1. The van der Waals surface area contributed by atoms with Gasteiger partial charge in [-0.15, -0.1) is 0 Å². The average molecular weight is 357 g/mol. The summed E-state index contributed by atoms with van der Waals surface area (Å²) in [5.74, 6) is -0.510. The molecular formula is C18H41AlMgO3. The maximum Gasteiger partial charge on any atom is 0.342 e. The highest BCUT2D eigenvalue weighted by Gasteiger charge is 2.00. The fraction of sp³-hybridized carbons (Fsp3) is 0.944. The molecule has 0 saturated carbocycles. The van der Waals surface area contributed by atoms with E-state index in [9.17, 15) is 4.79 Å². The standard InChI is InChI=1S/C18H36O3.Al.Mg.5H/c1-2-3-4-5-6-7-8-9-10-11-12-13-14-15-16-17-18(19)21-20;;;;;;;/h20H,2-17H2,1H3;;;;;;;. The molecule has 0 spiro atoms. The minimum absolute atomic E-state index is 0. The van der Waals surface area contributed by atoms with E-state index in [1.54, 1.807) is 0 Å². The van der Waals surface area contributed by atoms with E-state index in [2.05, 4.69) is 11.8 Å². The van der Waals surface area contributed by atoms with Crippen LogP contribution >= 0.6 is 0 Å². The monoisotopic (exact) mass is 356 g/mol. The molecule has 0 aromatic carbocycles. The Morgan fingerprint density at radius 2 is 1.00 bits per heavy atom. The zero-order valence-corrected chi connectivity index (χ0v) is 14.1. The molecule has 0 aliphatic carbocycles. The zero-order valence-electron chi connectivity index (χ0n) is 14.1. The third kappa shape index (κ3) is 25.1. The van der Waals surface area contributed by atoms with E-state index in [0.717, 1.165) is 12.8 Å². The van der Waals surface area contributed by atoms with Gasteiger partial charge in [0.25, 0.3) is 0 Å². The lowest BCUT2D eigenvalue weighted by atomic mass is 10.0. The van der Waals surface area contributed by atoms with Crippen LogP contribution in [0.5, 0.6) is 0 Å². The summed E-state index contributed by atoms with van der Waals surface area (Å²) >= 11 is 0. The smallest absolute Gasteiger partial charge is 0.301 e. The van der Waals surface area contributed by atoms with Gasteiger partial charge in [-0.25, -0.2) is 4.79 Å². The van der Waals surface area contributed by atoms with Gasteiger partial charge in [-0.3, -0.25) is 0 Å². The van der Waals surface area contributed by atoms with Crippen LogP contribution in [0.2, 0.25) is 0 Å². The second kappa shape index (κ2) is 25.0. The molecule has 23 heavy (non-hydrogen) atoms. The van der Waals surface area contributed by atoms with Crippen molar-refractivity contribution in [3.8, 4) is 0 Å². The molecule has 1 N–H and O–H groups in total. The predicted molar refractivity (Wildman–Crippen MR) is 107 cm³/mol. The Morgan fingerprint density at radius 3 is 1.30 bits per heavy atom. The van der Waals surface area contributed by atoms with Crippen LogP contribution in [0.1, 0.15) is 110 Å². The van der Waals surface area contributed by atoms with Crippen molar-refractivity contribution in [1.82, 2.24) is 0 Å². The Balaban J connectivity index is -0.00000200.